The molecule has 1 saturated carbocycles. The summed E-state index contributed by atoms with van der Waals surface area (Å²) in [6.45, 7) is 2.29. The molecule has 1 aromatic carbocycles. The number of nitrogens with one attached hydrogen (secondary N) is 1. The summed E-state index contributed by atoms with van der Waals surface area (Å²) >= 11 is 0. The van der Waals surface area contributed by atoms with E-state index in [1.807, 2.05) is 0 Å². The molecule has 0 spiro atoms. The second kappa shape index (κ2) is 4.75. The number of benzene rings is 1. The molecule has 4 nitrogen and oxygen atoms in total. The summed E-state index contributed by atoms with van der Waals surface area (Å²) in [6.07, 6.45) is 1.93. The summed E-state index contributed by atoms with van der Waals surface area (Å²) in [5.41, 5.74) is 1.90. The van der Waals surface area contributed by atoms with Gasteiger partial charge in [-0.3, -0.25) is 0 Å². The predicted octanol–water partition coefficient (Wildman–Crippen LogP) is 1.88. The Morgan fingerprint density at radius 3 is 2.76 bits per heavy atom. The molecule has 0 aromatic heterocycles. The Morgan fingerprint density at radius 2 is 2.24 bits per heavy atom. The number of aliphatic hydroxyl groups is 1. The Labute approximate surface area is 100 Å². The minimum absolute atomic E-state index is 0.297. The zero-order chi connectivity index (χ0) is 12.4. The standard InChI is InChI=1S/C13H17NO3/c1-8-6-10(4-5-11(8)13(16)17)14-7-12(15)9-2-3-9/h4-6,9,12,14-15H,2-3,7H2,1H3,(H,16,17). The molecule has 17 heavy (non-hydrogen) atoms. The molecule has 4 heteroatoms. The molecule has 1 aromatic rings. The van der Waals surface area contributed by atoms with Crippen LogP contribution in [0.25, 0.3) is 0 Å². The molecule has 1 unspecified atom stereocenters. The van der Waals surface area contributed by atoms with E-state index in [0.717, 1.165) is 24.1 Å². The van der Waals surface area contributed by atoms with Gasteiger partial charge in [-0.2, -0.15) is 0 Å². The van der Waals surface area contributed by atoms with Crippen LogP contribution in [0.2, 0.25) is 0 Å². The normalized spacial score (nSPS) is 16.6. The van der Waals surface area contributed by atoms with Gasteiger partial charge in [-0.05, 0) is 49.4 Å². The van der Waals surface area contributed by atoms with Gasteiger partial charge >= 0.3 is 5.97 Å². The van der Waals surface area contributed by atoms with Crippen molar-refractivity contribution in [3.8, 4) is 0 Å². The molecule has 0 amide bonds. The molecular formula is C13H17NO3. The summed E-state index contributed by atoms with van der Waals surface area (Å²) in [4.78, 5) is 10.8. The molecule has 1 fully saturated rings. The van der Waals surface area contributed by atoms with Crippen LogP contribution in [-0.4, -0.2) is 28.8 Å². The van der Waals surface area contributed by atoms with Gasteiger partial charge in [0.05, 0.1) is 11.7 Å². The molecule has 1 atom stereocenters. The Bertz CT molecular complexity index is 427. The molecule has 0 bridgehead atoms. The van der Waals surface area contributed by atoms with Crippen molar-refractivity contribution in [2.45, 2.75) is 25.9 Å². The fraction of sp³-hybridized carbons (Fsp3) is 0.462. The smallest absolute Gasteiger partial charge is 0.335 e. The van der Waals surface area contributed by atoms with Crippen molar-refractivity contribution in [2.75, 3.05) is 11.9 Å². The van der Waals surface area contributed by atoms with E-state index in [4.69, 9.17) is 5.11 Å². The first-order valence-electron chi connectivity index (χ1n) is 5.84. The average Bonchev–Trinajstić information content (AvgIpc) is 3.09. The van der Waals surface area contributed by atoms with Crippen LogP contribution in [0.3, 0.4) is 0 Å². The number of hydrogen-bond donors (Lipinski definition) is 3. The average molecular weight is 235 g/mol. The van der Waals surface area contributed by atoms with Crippen molar-refractivity contribution < 1.29 is 15.0 Å². The van der Waals surface area contributed by atoms with E-state index < -0.39 is 5.97 Å². The number of anilines is 1. The van der Waals surface area contributed by atoms with Gasteiger partial charge in [0.1, 0.15) is 0 Å². The highest BCUT2D eigenvalue weighted by Crippen LogP contribution is 2.32. The molecule has 92 valence electrons. The molecule has 0 radical (unpaired) electrons. The number of carbonyl (C=O) groups is 1. The van der Waals surface area contributed by atoms with Crippen LogP contribution < -0.4 is 5.32 Å². The van der Waals surface area contributed by atoms with Crippen LogP contribution in [0.15, 0.2) is 18.2 Å². The minimum atomic E-state index is -0.910. The maximum absolute atomic E-state index is 10.8. The lowest BCUT2D eigenvalue weighted by Crippen LogP contribution is -2.21. The van der Waals surface area contributed by atoms with Gasteiger partial charge < -0.3 is 15.5 Å². The summed E-state index contributed by atoms with van der Waals surface area (Å²) in [5, 5.41) is 21.7. The molecule has 3 N–H and O–H groups in total. The quantitative estimate of drug-likeness (QED) is 0.728. The second-order valence-electron chi connectivity index (χ2n) is 4.62. The number of carboxylic acids is 1. The van der Waals surface area contributed by atoms with E-state index >= 15 is 0 Å². The van der Waals surface area contributed by atoms with Crippen LogP contribution in [-0.2, 0) is 0 Å². The summed E-state index contributed by atoms with van der Waals surface area (Å²) in [7, 11) is 0. The van der Waals surface area contributed by atoms with E-state index in [2.05, 4.69) is 5.32 Å². The molecule has 1 aliphatic carbocycles. The third kappa shape index (κ3) is 2.97. The molecule has 0 saturated heterocycles. The zero-order valence-corrected chi connectivity index (χ0v) is 9.81. The van der Waals surface area contributed by atoms with Gasteiger partial charge in [-0.15, -0.1) is 0 Å². The van der Waals surface area contributed by atoms with Gasteiger partial charge in [-0.1, -0.05) is 0 Å². The third-order valence-corrected chi connectivity index (χ3v) is 3.14. The van der Waals surface area contributed by atoms with Gasteiger partial charge in [0.15, 0.2) is 0 Å². The number of aryl methyl sites for hydroxylation is 1. The largest absolute Gasteiger partial charge is 0.478 e. The Balaban J connectivity index is 1.97. The third-order valence-electron chi connectivity index (χ3n) is 3.14. The fourth-order valence-corrected chi connectivity index (χ4v) is 1.88. The van der Waals surface area contributed by atoms with Crippen molar-refractivity contribution in [1.29, 1.82) is 0 Å². The van der Waals surface area contributed by atoms with E-state index in [1.165, 1.54) is 0 Å². The first-order chi connectivity index (χ1) is 8.08. The van der Waals surface area contributed by atoms with Crippen molar-refractivity contribution in [3.05, 3.63) is 29.3 Å². The molecule has 1 aliphatic rings. The highest BCUT2D eigenvalue weighted by molar-refractivity contribution is 5.89. The first-order valence-corrected chi connectivity index (χ1v) is 5.84. The van der Waals surface area contributed by atoms with E-state index in [-0.39, 0.29) is 6.10 Å². The zero-order valence-electron chi connectivity index (χ0n) is 9.81. The van der Waals surface area contributed by atoms with E-state index in [1.54, 1.807) is 25.1 Å². The Kier molecular flexibility index (Phi) is 3.33. The van der Waals surface area contributed by atoms with Crippen LogP contribution in [0.1, 0.15) is 28.8 Å². The Hall–Kier alpha value is -1.55. The second-order valence-corrected chi connectivity index (χ2v) is 4.62. The monoisotopic (exact) mass is 235 g/mol. The van der Waals surface area contributed by atoms with Crippen molar-refractivity contribution in [3.63, 3.8) is 0 Å². The van der Waals surface area contributed by atoms with E-state index in [0.29, 0.717) is 18.0 Å². The lowest BCUT2D eigenvalue weighted by Gasteiger charge is -2.12. The topological polar surface area (TPSA) is 69.6 Å². The molecular weight excluding hydrogens is 218 g/mol. The Morgan fingerprint density at radius 1 is 1.53 bits per heavy atom. The lowest BCUT2D eigenvalue weighted by molar-refractivity contribution is 0.0696. The molecule has 0 heterocycles. The molecule has 2 rings (SSSR count). The molecule has 0 aliphatic heterocycles. The number of hydrogen-bond acceptors (Lipinski definition) is 3. The van der Waals surface area contributed by atoms with E-state index in [9.17, 15) is 9.90 Å². The fourth-order valence-electron chi connectivity index (χ4n) is 1.88. The number of rotatable bonds is 5. The summed E-state index contributed by atoms with van der Waals surface area (Å²) in [6, 6.07) is 5.11. The number of carboxylic acid groups (broad SMARTS) is 1. The van der Waals surface area contributed by atoms with Crippen LogP contribution >= 0.6 is 0 Å². The SMILES string of the molecule is Cc1cc(NCC(O)C2CC2)ccc1C(=O)O. The predicted molar refractivity (Wildman–Crippen MR) is 65.4 cm³/mol. The van der Waals surface area contributed by atoms with Gasteiger partial charge in [0.2, 0.25) is 0 Å². The van der Waals surface area contributed by atoms with Crippen LogP contribution in [0.4, 0.5) is 5.69 Å². The van der Waals surface area contributed by atoms with Crippen molar-refractivity contribution in [1.82, 2.24) is 0 Å². The number of aliphatic hydroxyl groups excluding tert-OH is 1. The maximum atomic E-state index is 10.8. The van der Waals surface area contributed by atoms with Gasteiger partial charge in [-0.25, -0.2) is 4.79 Å². The van der Waals surface area contributed by atoms with Gasteiger partial charge in [0, 0.05) is 12.2 Å². The van der Waals surface area contributed by atoms with Gasteiger partial charge in [0.25, 0.3) is 0 Å². The van der Waals surface area contributed by atoms with Crippen LogP contribution in [0, 0.1) is 12.8 Å². The van der Waals surface area contributed by atoms with Crippen LogP contribution in [0.5, 0.6) is 0 Å². The van der Waals surface area contributed by atoms with Crippen molar-refractivity contribution in [2.24, 2.45) is 5.92 Å². The lowest BCUT2D eigenvalue weighted by atomic mass is 10.1. The highest BCUT2D eigenvalue weighted by atomic mass is 16.4. The maximum Gasteiger partial charge on any atom is 0.335 e. The summed E-state index contributed by atoms with van der Waals surface area (Å²) < 4.78 is 0. The van der Waals surface area contributed by atoms with Crippen molar-refractivity contribution >= 4 is 11.7 Å². The summed E-state index contributed by atoms with van der Waals surface area (Å²) in [5.74, 6) is -0.464. The highest BCUT2D eigenvalue weighted by Gasteiger charge is 2.29. The first kappa shape index (κ1) is 11.9. The number of aromatic carboxylic acids is 1. The minimum Gasteiger partial charge on any atom is -0.478 e.